The van der Waals surface area contributed by atoms with Crippen molar-refractivity contribution < 1.29 is 0 Å². The first-order valence-corrected chi connectivity index (χ1v) is 19.3. The molecule has 10 aromatic rings. The summed E-state index contributed by atoms with van der Waals surface area (Å²) in [6.07, 6.45) is 5.89. The van der Waals surface area contributed by atoms with Crippen molar-refractivity contribution in [2.75, 3.05) is 4.90 Å². The maximum Gasteiger partial charge on any atom is 0.0548 e. The summed E-state index contributed by atoms with van der Waals surface area (Å²) in [6.45, 7) is 4.71. The van der Waals surface area contributed by atoms with Crippen molar-refractivity contribution in [2.45, 2.75) is 19.3 Å². The van der Waals surface area contributed by atoms with Crippen LogP contribution in [0.4, 0.5) is 17.1 Å². The maximum absolute atomic E-state index is 4.24. The third-order valence-electron chi connectivity index (χ3n) is 11.8. The molecule has 1 aliphatic rings. The lowest BCUT2D eigenvalue weighted by atomic mass is 9.82. The third kappa shape index (κ3) is 4.96. The second-order valence-corrected chi connectivity index (χ2v) is 15.3. The van der Waals surface area contributed by atoms with Crippen molar-refractivity contribution in [3.8, 4) is 33.6 Å². The molecule has 0 amide bonds. The van der Waals surface area contributed by atoms with Gasteiger partial charge in [-0.3, -0.25) is 4.98 Å². The highest BCUT2D eigenvalue weighted by Gasteiger charge is 2.35. The van der Waals surface area contributed by atoms with Crippen molar-refractivity contribution in [2.24, 2.45) is 0 Å². The van der Waals surface area contributed by atoms with Crippen LogP contribution in [0.2, 0.25) is 0 Å². The van der Waals surface area contributed by atoms with E-state index < -0.39 is 0 Å². The van der Waals surface area contributed by atoms with Gasteiger partial charge in [0.2, 0.25) is 0 Å². The summed E-state index contributed by atoms with van der Waals surface area (Å²) in [5.74, 6) is 0. The van der Waals surface area contributed by atoms with Gasteiger partial charge in [0, 0.05) is 68.6 Å². The normalized spacial score (nSPS) is 13.0. The van der Waals surface area contributed by atoms with Crippen LogP contribution >= 0.6 is 0 Å². The second kappa shape index (κ2) is 12.4. The number of anilines is 3. The van der Waals surface area contributed by atoms with E-state index in [1.807, 2.05) is 12.4 Å². The third-order valence-corrected chi connectivity index (χ3v) is 11.8. The molecule has 4 nitrogen and oxygen atoms in total. The largest absolute Gasteiger partial charge is 0.317 e. The topological polar surface area (TPSA) is 26.0 Å². The summed E-state index contributed by atoms with van der Waals surface area (Å²) in [4.78, 5) is 6.66. The van der Waals surface area contributed by atoms with Crippen LogP contribution in [-0.4, -0.2) is 14.1 Å². The van der Waals surface area contributed by atoms with E-state index in [0.29, 0.717) is 0 Å². The van der Waals surface area contributed by atoms with Crippen LogP contribution < -0.4 is 4.90 Å². The fraction of sp³-hybridized carbons (Fsp3) is 0.0577. The molecule has 0 atom stereocenters. The summed E-state index contributed by atoms with van der Waals surface area (Å²) in [7, 11) is 0. The Bertz CT molecular complexity index is 3080. The first-order valence-electron chi connectivity index (χ1n) is 19.3. The lowest BCUT2D eigenvalue weighted by Crippen LogP contribution is -2.16. The molecule has 11 rings (SSSR count). The maximum atomic E-state index is 4.24. The minimum atomic E-state index is -0.120. The fourth-order valence-corrected chi connectivity index (χ4v) is 9.07. The molecule has 0 N–H and O–H groups in total. The number of pyridine rings is 1. The van der Waals surface area contributed by atoms with Crippen LogP contribution in [0.15, 0.2) is 195 Å². The quantitative estimate of drug-likeness (QED) is 0.171. The molecule has 1 aliphatic carbocycles. The Hall–Kier alpha value is -7.17. The summed E-state index contributed by atoms with van der Waals surface area (Å²) >= 11 is 0. The molecule has 0 spiro atoms. The number of para-hydroxylation sites is 2. The molecule has 0 saturated heterocycles. The van der Waals surface area contributed by atoms with Gasteiger partial charge in [-0.15, -0.1) is 0 Å². The number of nitrogens with zero attached hydrogens (tertiary/aromatic N) is 4. The molecule has 56 heavy (non-hydrogen) atoms. The zero-order chi connectivity index (χ0) is 37.4. The SMILES string of the molecule is CC1(C)c2ccccc2-c2ccc(N(c3ccc(-c4ccncc4)cc3)c3ccc4c(c3)c3cc5c(ccn5-c5ccccc5)cc3n4-c3ccccc3)cc21. The molecule has 7 aromatic carbocycles. The standard InChI is InChI=1S/C52H38N4/c1-52(2)47-16-10-9-15-43(47)44-23-21-42(33-48(44)52)55(40-19-17-35(18-20-40)36-25-28-53-29-26-36)41-22-24-49-45(32-41)46-34-50-37(27-30-54(50)38-11-5-3-6-12-38)31-51(46)56(49)39-13-7-4-8-14-39/h3-34H,1-2H3. The minimum Gasteiger partial charge on any atom is -0.317 e. The van der Waals surface area contributed by atoms with Gasteiger partial charge in [0.1, 0.15) is 0 Å². The lowest BCUT2D eigenvalue weighted by molar-refractivity contribution is 0.660. The highest BCUT2D eigenvalue weighted by atomic mass is 15.1. The van der Waals surface area contributed by atoms with E-state index in [0.717, 1.165) is 39.6 Å². The summed E-state index contributed by atoms with van der Waals surface area (Å²) < 4.78 is 4.71. The Morgan fingerprint density at radius 2 is 1.09 bits per heavy atom. The highest BCUT2D eigenvalue weighted by molar-refractivity contribution is 6.14. The van der Waals surface area contributed by atoms with Gasteiger partial charge in [-0.25, -0.2) is 0 Å². The molecule has 0 radical (unpaired) electrons. The average molecular weight is 719 g/mol. The molecule has 0 bridgehead atoms. The second-order valence-electron chi connectivity index (χ2n) is 15.3. The molecule has 3 heterocycles. The lowest BCUT2D eigenvalue weighted by Gasteiger charge is -2.28. The molecular weight excluding hydrogens is 681 g/mol. The van der Waals surface area contributed by atoms with E-state index >= 15 is 0 Å². The van der Waals surface area contributed by atoms with Gasteiger partial charge in [0.15, 0.2) is 0 Å². The molecule has 266 valence electrons. The monoisotopic (exact) mass is 718 g/mol. The number of rotatable bonds is 6. The van der Waals surface area contributed by atoms with Crippen molar-refractivity contribution >= 4 is 49.8 Å². The van der Waals surface area contributed by atoms with E-state index in [1.165, 1.54) is 55.0 Å². The molecule has 0 aliphatic heterocycles. The van der Waals surface area contributed by atoms with Gasteiger partial charge in [0.25, 0.3) is 0 Å². The van der Waals surface area contributed by atoms with Crippen LogP contribution in [0.25, 0.3) is 66.3 Å². The predicted molar refractivity (Wildman–Crippen MR) is 233 cm³/mol. The van der Waals surface area contributed by atoms with Crippen molar-refractivity contribution in [3.05, 3.63) is 206 Å². The summed E-state index contributed by atoms with van der Waals surface area (Å²) in [5.41, 5.74) is 16.7. The first kappa shape index (κ1) is 32.3. The van der Waals surface area contributed by atoms with Gasteiger partial charge >= 0.3 is 0 Å². The van der Waals surface area contributed by atoms with E-state index in [4.69, 9.17) is 0 Å². The zero-order valence-electron chi connectivity index (χ0n) is 31.3. The van der Waals surface area contributed by atoms with Crippen molar-refractivity contribution in [1.82, 2.24) is 14.1 Å². The Kier molecular flexibility index (Phi) is 7.17. The fourth-order valence-electron chi connectivity index (χ4n) is 9.07. The van der Waals surface area contributed by atoms with E-state index in [-0.39, 0.29) is 5.41 Å². The van der Waals surface area contributed by atoms with Gasteiger partial charge in [-0.05, 0) is 130 Å². The van der Waals surface area contributed by atoms with Gasteiger partial charge < -0.3 is 14.0 Å². The van der Waals surface area contributed by atoms with Gasteiger partial charge in [-0.2, -0.15) is 0 Å². The van der Waals surface area contributed by atoms with E-state index in [9.17, 15) is 0 Å². The number of aromatic nitrogens is 3. The zero-order valence-corrected chi connectivity index (χ0v) is 31.3. The van der Waals surface area contributed by atoms with E-state index in [2.05, 4.69) is 215 Å². The number of hydrogen-bond acceptors (Lipinski definition) is 2. The molecule has 0 fully saturated rings. The van der Waals surface area contributed by atoms with E-state index in [1.54, 1.807) is 0 Å². The Morgan fingerprint density at radius 3 is 1.88 bits per heavy atom. The summed E-state index contributed by atoms with van der Waals surface area (Å²) in [6, 6.07) is 64.3. The minimum absolute atomic E-state index is 0.120. The number of benzene rings is 7. The van der Waals surface area contributed by atoms with Crippen molar-refractivity contribution in [3.63, 3.8) is 0 Å². The summed E-state index contributed by atoms with van der Waals surface area (Å²) in [5, 5.41) is 3.63. The van der Waals surface area contributed by atoms with Crippen LogP contribution in [0.3, 0.4) is 0 Å². The smallest absolute Gasteiger partial charge is 0.0548 e. The van der Waals surface area contributed by atoms with Crippen LogP contribution in [0.1, 0.15) is 25.0 Å². The molecule has 0 unspecified atom stereocenters. The first-order chi connectivity index (χ1) is 27.5. The van der Waals surface area contributed by atoms with Crippen molar-refractivity contribution in [1.29, 1.82) is 0 Å². The van der Waals surface area contributed by atoms with Crippen LogP contribution in [0, 0.1) is 0 Å². The number of hydrogen-bond donors (Lipinski definition) is 0. The molecular formula is C52H38N4. The Labute approximate surface area is 326 Å². The van der Waals surface area contributed by atoms with Gasteiger partial charge in [0.05, 0.1) is 16.6 Å². The van der Waals surface area contributed by atoms with Crippen LogP contribution in [-0.2, 0) is 5.41 Å². The Morgan fingerprint density at radius 1 is 0.464 bits per heavy atom. The molecule has 3 aromatic heterocycles. The van der Waals surface area contributed by atoms with Crippen LogP contribution in [0.5, 0.6) is 0 Å². The van der Waals surface area contributed by atoms with Gasteiger partial charge in [-0.1, -0.05) is 92.7 Å². The predicted octanol–water partition coefficient (Wildman–Crippen LogP) is 13.6. The molecule has 0 saturated carbocycles. The number of fused-ring (bicyclic) bond motifs is 7. The molecule has 4 heteroatoms. The Balaban J connectivity index is 1.15. The average Bonchev–Trinajstić information content (AvgIpc) is 3.89. The highest BCUT2D eigenvalue weighted by Crippen LogP contribution is 2.51.